The van der Waals surface area contributed by atoms with E-state index in [9.17, 15) is 22.4 Å². The summed E-state index contributed by atoms with van der Waals surface area (Å²) < 4.78 is 61.0. The fraction of sp³-hybridized carbons (Fsp3) is 0.409. The molecule has 1 aliphatic heterocycles. The van der Waals surface area contributed by atoms with Crippen molar-refractivity contribution in [3.05, 3.63) is 53.3 Å². The molecule has 3 aromatic rings. The Labute approximate surface area is 191 Å². The standard InChI is InChI=1S/C22H22F4N4O2S/c1-2-32-19(31)21(28-12-14-3-5-16(23)6-4-14)8-9-30(17(11-21)22(24,25)26)20-27-13-15-7-10-33-18(15)29-20/h3-7,10,13,17,28H,2,8-9,11-12H2,1H3. The number of thiophene rings is 1. The molecular weight excluding hydrogens is 460 g/mol. The topological polar surface area (TPSA) is 67.3 Å². The van der Waals surface area contributed by atoms with Crippen LogP contribution in [0.3, 0.4) is 0 Å². The molecule has 2 aromatic heterocycles. The predicted octanol–water partition coefficient (Wildman–Crippen LogP) is 4.45. The van der Waals surface area contributed by atoms with E-state index in [2.05, 4.69) is 15.3 Å². The molecule has 1 aliphatic rings. The van der Waals surface area contributed by atoms with Crippen molar-refractivity contribution >= 4 is 33.5 Å². The van der Waals surface area contributed by atoms with Crippen molar-refractivity contribution in [3.63, 3.8) is 0 Å². The summed E-state index contributed by atoms with van der Waals surface area (Å²) >= 11 is 1.32. The molecule has 2 unspecified atom stereocenters. The number of nitrogens with zero attached hydrogens (tertiary/aromatic N) is 3. The van der Waals surface area contributed by atoms with Gasteiger partial charge in [0.25, 0.3) is 0 Å². The maximum Gasteiger partial charge on any atom is 0.408 e. The Balaban J connectivity index is 1.64. The van der Waals surface area contributed by atoms with E-state index in [-0.39, 0.29) is 32.1 Å². The second-order valence-corrected chi connectivity index (χ2v) is 8.73. The maximum absolute atomic E-state index is 14.2. The van der Waals surface area contributed by atoms with Gasteiger partial charge in [-0.1, -0.05) is 12.1 Å². The summed E-state index contributed by atoms with van der Waals surface area (Å²) in [5, 5.41) is 5.55. The quantitative estimate of drug-likeness (QED) is 0.414. The van der Waals surface area contributed by atoms with Crippen molar-refractivity contribution in [1.82, 2.24) is 15.3 Å². The number of ether oxygens (including phenoxy) is 1. The minimum Gasteiger partial charge on any atom is -0.465 e. The molecule has 1 saturated heterocycles. The molecule has 1 aromatic carbocycles. The number of piperidine rings is 1. The Kier molecular flexibility index (Phi) is 6.53. The van der Waals surface area contributed by atoms with Crippen molar-refractivity contribution in [1.29, 1.82) is 0 Å². The van der Waals surface area contributed by atoms with E-state index >= 15 is 0 Å². The van der Waals surface area contributed by atoms with Gasteiger partial charge in [-0.25, -0.2) is 14.4 Å². The lowest BCUT2D eigenvalue weighted by Gasteiger charge is -2.45. The zero-order valence-electron chi connectivity index (χ0n) is 17.7. The van der Waals surface area contributed by atoms with Gasteiger partial charge in [-0.15, -0.1) is 11.3 Å². The second kappa shape index (κ2) is 9.22. The Morgan fingerprint density at radius 1 is 1.30 bits per heavy atom. The van der Waals surface area contributed by atoms with Gasteiger partial charge >= 0.3 is 12.1 Å². The Morgan fingerprint density at radius 2 is 2.06 bits per heavy atom. The molecule has 3 heterocycles. The number of hydrogen-bond donors (Lipinski definition) is 1. The van der Waals surface area contributed by atoms with Crippen molar-refractivity contribution < 1.29 is 27.1 Å². The zero-order chi connectivity index (χ0) is 23.6. The summed E-state index contributed by atoms with van der Waals surface area (Å²) in [6, 6.07) is 5.35. The fourth-order valence-electron chi connectivity index (χ4n) is 3.99. The van der Waals surface area contributed by atoms with Crippen LogP contribution in [0, 0.1) is 5.82 Å². The third kappa shape index (κ3) is 4.93. The molecule has 0 amide bonds. The summed E-state index contributed by atoms with van der Waals surface area (Å²) in [5.41, 5.74) is -0.925. The third-order valence-corrected chi connectivity index (χ3v) is 6.56. The van der Waals surface area contributed by atoms with Crippen molar-refractivity contribution in [3.8, 4) is 0 Å². The molecule has 1 fully saturated rings. The SMILES string of the molecule is CCOC(=O)C1(NCc2ccc(F)cc2)CCN(c2ncc3ccsc3n2)C(C(F)(F)F)C1. The highest BCUT2D eigenvalue weighted by Gasteiger charge is 2.55. The molecule has 2 atom stereocenters. The first-order chi connectivity index (χ1) is 15.7. The lowest BCUT2D eigenvalue weighted by molar-refractivity contribution is -0.169. The summed E-state index contributed by atoms with van der Waals surface area (Å²) in [6.07, 6.45) is -3.64. The number of hydrogen-bond acceptors (Lipinski definition) is 7. The number of esters is 1. The fourth-order valence-corrected chi connectivity index (χ4v) is 4.72. The Hall–Kier alpha value is -2.79. The van der Waals surface area contributed by atoms with Gasteiger partial charge in [0.2, 0.25) is 5.95 Å². The predicted molar refractivity (Wildman–Crippen MR) is 116 cm³/mol. The monoisotopic (exact) mass is 482 g/mol. The molecule has 0 saturated carbocycles. The summed E-state index contributed by atoms with van der Waals surface area (Å²) in [6.45, 7) is 1.63. The average molecular weight is 483 g/mol. The molecule has 1 N–H and O–H groups in total. The number of rotatable bonds is 6. The largest absolute Gasteiger partial charge is 0.465 e. The molecule has 0 spiro atoms. The molecule has 6 nitrogen and oxygen atoms in total. The molecule has 0 aliphatic carbocycles. The number of benzene rings is 1. The van der Waals surface area contributed by atoms with Crippen molar-refractivity contribution in [2.75, 3.05) is 18.1 Å². The molecule has 11 heteroatoms. The van der Waals surface area contributed by atoms with Crippen molar-refractivity contribution in [2.24, 2.45) is 0 Å². The smallest absolute Gasteiger partial charge is 0.408 e. The van der Waals surface area contributed by atoms with E-state index in [0.29, 0.717) is 10.4 Å². The number of carbonyl (C=O) groups is 1. The highest BCUT2D eigenvalue weighted by Crippen LogP contribution is 2.39. The third-order valence-electron chi connectivity index (χ3n) is 5.74. The Bertz CT molecular complexity index is 1120. The Morgan fingerprint density at radius 3 is 2.76 bits per heavy atom. The van der Waals surface area contributed by atoms with Gasteiger partial charge in [0.05, 0.1) is 6.61 Å². The molecule has 176 valence electrons. The highest BCUT2D eigenvalue weighted by molar-refractivity contribution is 7.16. The molecule has 33 heavy (non-hydrogen) atoms. The number of fused-ring (bicyclic) bond motifs is 1. The van der Waals surface area contributed by atoms with Crippen LogP contribution < -0.4 is 10.2 Å². The van der Waals surface area contributed by atoms with Crippen LogP contribution in [0.1, 0.15) is 25.3 Å². The van der Waals surface area contributed by atoms with Crippen LogP contribution in [0.5, 0.6) is 0 Å². The first-order valence-corrected chi connectivity index (χ1v) is 11.3. The van der Waals surface area contributed by atoms with E-state index in [1.165, 1.54) is 41.8 Å². The highest BCUT2D eigenvalue weighted by atomic mass is 32.1. The lowest BCUT2D eigenvalue weighted by Crippen LogP contribution is -2.65. The number of alkyl halides is 3. The number of carbonyl (C=O) groups excluding carboxylic acids is 1. The number of aromatic nitrogens is 2. The summed E-state index contributed by atoms with van der Waals surface area (Å²) in [4.78, 5) is 23.1. The zero-order valence-corrected chi connectivity index (χ0v) is 18.5. The van der Waals surface area contributed by atoms with Gasteiger partial charge in [0, 0.05) is 31.1 Å². The molecule has 4 rings (SSSR count). The van der Waals surface area contributed by atoms with Crippen LogP contribution in [0.25, 0.3) is 10.2 Å². The summed E-state index contributed by atoms with van der Waals surface area (Å²) in [5.74, 6) is -1.19. The van der Waals surface area contributed by atoms with Gasteiger partial charge in [-0.3, -0.25) is 10.1 Å². The minimum absolute atomic E-state index is 0.0248. The minimum atomic E-state index is -4.64. The molecule has 0 bridgehead atoms. The first-order valence-electron chi connectivity index (χ1n) is 10.4. The van der Waals surface area contributed by atoms with Gasteiger partial charge in [0.1, 0.15) is 22.2 Å². The van der Waals surface area contributed by atoms with E-state index in [0.717, 1.165) is 10.3 Å². The number of anilines is 1. The van der Waals surface area contributed by atoms with Gasteiger partial charge in [0.15, 0.2) is 0 Å². The van der Waals surface area contributed by atoms with E-state index < -0.39 is 36.0 Å². The van der Waals surface area contributed by atoms with Gasteiger partial charge < -0.3 is 9.64 Å². The van der Waals surface area contributed by atoms with E-state index in [1.54, 1.807) is 18.4 Å². The van der Waals surface area contributed by atoms with Gasteiger partial charge in [-0.05, 0) is 42.5 Å². The molecule has 0 radical (unpaired) electrons. The van der Waals surface area contributed by atoms with E-state index in [1.807, 2.05) is 0 Å². The van der Waals surface area contributed by atoms with Crippen LogP contribution in [0.4, 0.5) is 23.5 Å². The lowest BCUT2D eigenvalue weighted by atomic mass is 9.82. The normalized spacial score (nSPS) is 21.4. The second-order valence-electron chi connectivity index (χ2n) is 7.84. The maximum atomic E-state index is 14.2. The van der Waals surface area contributed by atoms with Crippen molar-refractivity contribution in [2.45, 2.75) is 44.1 Å². The van der Waals surface area contributed by atoms with Gasteiger partial charge in [-0.2, -0.15) is 13.2 Å². The van der Waals surface area contributed by atoms with Crippen LogP contribution in [-0.4, -0.2) is 46.8 Å². The van der Waals surface area contributed by atoms with E-state index in [4.69, 9.17) is 4.74 Å². The van der Waals surface area contributed by atoms with Crippen LogP contribution >= 0.6 is 11.3 Å². The average Bonchev–Trinajstić information content (AvgIpc) is 3.26. The van der Waals surface area contributed by atoms with Crippen LogP contribution in [0.2, 0.25) is 0 Å². The first kappa shape index (κ1) is 23.4. The molecular formula is C22H22F4N4O2S. The van der Waals surface area contributed by atoms with Crippen LogP contribution in [-0.2, 0) is 16.1 Å². The number of halogens is 4. The summed E-state index contributed by atoms with van der Waals surface area (Å²) in [7, 11) is 0. The number of nitrogens with one attached hydrogen (secondary N) is 1. The van der Waals surface area contributed by atoms with Crippen LogP contribution in [0.15, 0.2) is 41.9 Å².